The van der Waals surface area contributed by atoms with Crippen LogP contribution < -0.4 is 0 Å². The molecule has 0 amide bonds. The van der Waals surface area contributed by atoms with Crippen LogP contribution in [0.4, 0.5) is 4.79 Å². The van der Waals surface area contributed by atoms with Gasteiger partial charge in [0.2, 0.25) is 0 Å². The third-order valence-electron chi connectivity index (χ3n) is 0. The highest BCUT2D eigenvalue weighted by Crippen LogP contribution is 1.98. The van der Waals surface area contributed by atoms with Crippen LogP contribution in [-0.4, -0.2) is 26.2 Å². The highest BCUT2D eigenvalue weighted by Gasteiger charge is 1.70. The highest BCUT2D eigenvalue weighted by atomic mass is 31.1. The van der Waals surface area contributed by atoms with E-state index in [2.05, 4.69) is 13.2 Å². The SMILES string of the molecule is C=C.O=C(O)O.O=[PH](O)O. The monoisotopic (exact) mass is 172 g/mol. The molecular formula is C3H9O6P. The minimum Gasteiger partial charge on any atom is -0.450 e. The zero-order valence-corrected chi connectivity index (χ0v) is 6.02. The molecule has 0 atom stereocenters. The van der Waals surface area contributed by atoms with Gasteiger partial charge in [-0.05, 0) is 0 Å². The van der Waals surface area contributed by atoms with Crippen LogP contribution >= 0.6 is 8.25 Å². The number of carboxylic acid groups (broad SMARTS) is 2. The molecule has 0 radical (unpaired) electrons. The molecule has 10 heavy (non-hydrogen) atoms. The Hall–Kier alpha value is -0.840. The molecule has 0 fully saturated rings. The van der Waals surface area contributed by atoms with Gasteiger partial charge >= 0.3 is 14.4 Å². The molecule has 0 bridgehead atoms. The van der Waals surface area contributed by atoms with Crippen molar-refractivity contribution in [2.24, 2.45) is 0 Å². The minimum absolute atomic E-state index is 1.83. The Kier molecular flexibility index (Phi) is 25.3. The minimum atomic E-state index is -3.13. The van der Waals surface area contributed by atoms with Crippen LogP contribution in [0.25, 0.3) is 0 Å². The van der Waals surface area contributed by atoms with E-state index in [9.17, 15) is 0 Å². The van der Waals surface area contributed by atoms with E-state index < -0.39 is 14.4 Å². The van der Waals surface area contributed by atoms with Gasteiger partial charge in [0, 0.05) is 0 Å². The van der Waals surface area contributed by atoms with Crippen LogP contribution in [0.5, 0.6) is 0 Å². The van der Waals surface area contributed by atoms with Gasteiger partial charge in [-0.25, -0.2) is 4.79 Å². The molecule has 0 aromatic rings. The van der Waals surface area contributed by atoms with Crippen molar-refractivity contribution in [2.45, 2.75) is 0 Å². The van der Waals surface area contributed by atoms with Crippen LogP contribution in [0.3, 0.4) is 0 Å². The molecule has 0 aromatic carbocycles. The summed E-state index contributed by atoms with van der Waals surface area (Å²) in [6.07, 6.45) is -1.83. The second kappa shape index (κ2) is 15.7. The molecule has 6 nitrogen and oxygen atoms in total. The van der Waals surface area contributed by atoms with E-state index in [1.807, 2.05) is 0 Å². The van der Waals surface area contributed by atoms with Gasteiger partial charge in [-0.1, -0.05) is 0 Å². The van der Waals surface area contributed by atoms with E-state index in [1.165, 1.54) is 0 Å². The summed E-state index contributed by atoms with van der Waals surface area (Å²) in [5, 5.41) is 13.9. The number of hydrogen-bond donors (Lipinski definition) is 4. The maximum atomic E-state index is 8.74. The van der Waals surface area contributed by atoms with Crippen LogP contribution in [0.2, 0.25) is 0 Å². The van der Waals surface area contributed by atoms with E-state index in [1.54, 1.807) is 0 Å². The lowest BCUT2D eigenvalue weighted by Gasteiger charge is -1.61. The Morgan fingerprint density at radius 1 is 1.20 bits per heavy atom. The van der Waals surface area contributed by atoms with Crippen molar-refractivity contribution in [3.8, 4) is 0 Å². The van der Waals surface area contributed by atoms with Crippen LogP contribution in [-0.2, 0) is 4.57 Å². The van der Waals surface area contributed by atoms with E-state index in [0.29, 0.717) is 0 Å². The summed E-state index contributed by atoms with van der Waals surface area (Å²) in [5.74, 6) is 0. The van der Waals surface area contributed by atoms with Gasteiger partial charge in [-0.15, -0.1) is 13.2 Å². The molecule has 0 aliphatic heterocycles. The largest absolute Gasteiger partial charge is 0.503 e. The molecule has 0 unspecified atom stereocenters. The van der Waals surface area contributed by atoms with Gasteiger partial charge in [0.15, 0.2) is 0 Å². The fraction of sp³-hybridized carbons (Fsp3) is 0. The molecule has 0 aliphatic carbocycles. The van der Waals surface area contributed by atoms with Crippen molar-refractivity contribution in [3.05, 3.63) is 13.2 Å². The van der Waals surface area contributed by atoms with Gasteiger partial charge in [-0.2, -0.15) is 0 Å². The lowest BCUT2D eigenvalue weighted by molar-refractivity contribution is 0.137. The Morgan fingerprint density at radius 2 is 1.20 bits per heavy atom. The fourth-order valence-corrected chi connectivity index (χ4v) is 0. The second-order valence-electron chi connectivity index (χ2n) is 0.565. The van der Waals surface area contributed by atoms with Crippen LogP contribution in [0, 0.1) is 0 Å². The summed E-state index contributed by atoms with van der Waals surface area (Å²) in [6.45, 7) is 6.00. The topological polar surface area (TPSA) is 115 Å². The van der Waals surface area contributed by atoms with E-state index in [-0.39, 0.29) is 0 Å². The molecule has 0 saturated carbocycles. The zero-order valence-electron chi connectivity index (χ0n) is 5.02. The van der Waals surface area contributed by atoms with Gasteiger partial charge in [0.1, 0.15) is 0 Å². The molecule has 62 valence electrons. The average Bonchev–Trinajstić information content (AvgIpc) is 1.66. The second-order valence-corrected chi connectivity index (χ2v) is 1.13. The summed E-state index contributed by atoms with van der Waals surface area (Å²) in [6, 6.07) is 0. The van der Waals surface area contributed by atoms with E-state index in [4.69, 9.17) is 29.4 Å². The summed E-state index contributed by atoms with van der Waals surface area (Å²) >= 11 is 0. The standard InChI is InChI=1S/C2H4.CH2O3.H3O3P/c1-2;2-1(3)4;1-4(2)3/h1-2H2;(H2,2,3,4);4H,(H2,1,2,3). The van der Waals surface area contributed by atoms with Crippen molar-refractivity contribution in [1.82, 2.24) is 0 Å². The molecule has 0 saturated heterocycles. The maximum absolute atomic E-state index is 8.74. The normalized spacial score (nSPS) is 6.30. The molecule has 0 aromatic heterocycles. The van der Waals surface area contributed by atoms with E-state index in [0.717, 1.165) is 0 Å². The number of hydrogen-bond acceptors (Lipinski definition) is 2. The van der Waals surface area contributed by atoms with Crippen molar-refractivity contribution in [3.63, 3.8) is 0 Å². The number of rotatable bonds is 0. The molecule has 7 heteroatoms. The quantitative estimate of drug-likeness (QED) is 0.310. The Balaban J connectivity index is -0.0000000787. The van der Waals surface area contributed by atoms with Gasteiger partial charge in [0.25, 0.3) is 0 Å². The van der Waals surface area contributed by atoms with Crippen LogP contribution in [0.15, 0.2) is 13.2 Å². The van der Waals surface area contributed by atoms with Gasteiger partial charge in [0.05, 0.1) is 0 Å². The van der Waals surface area contributed by atoms with Gasteiger partial charge in [-0.3, -0.25) is 4.57 Å². The first-order valence-corrected chi connectivity index (χ1v) is 3.11. The Morgan fingerprint density at radius 3 is 1.20 bits per heavy atom. The van der Waals surface area contributed by atoms with Crippen LogP contribution in [0.1, 0.15) is 0 Å². The first kappa shape index (κ1) is 16.1. The predicted molar refractivity (Wildman–Crippen MR) is 35.3 cm³/mol. The summed E-state index contributed by atoms with van der Waals surface area (Å²) in [5.41, 5.74) is 0. The van der Waals surface area contributed by atoms with Crippen molar-refractivity contribution in [2.75, 3.05) is 0 Å². The fourth-order valence-electron chi connectivity index (χ4n) is 0. The van der Waals surface area contributed by atoms with Gasteiger partial charge < -0.3 is 20.0 Å². The molecule has 0 aliphatic rings. The molecular weight excluding hydrogens is 163 g/mol. The van der Waals surface area contributed by atoms with Crippen molar-refractivity contribution >= 4 is 14.4 Å². The summed E-state index contributed by atoms with van der Waals surface area (Å²) in [7, 11) is -3.13. The summed E-state index contributed by atoms with van der Waals surface area (Å²) < 4.78 is 8.74. The lowest BCUT2D eigenvalue weighted by Crippen LogP contribution is -1.81. The molecule has 0 rings (SSSR count). The lowest BCUT2D eigenvalue weighted by atomic mass is 11.3. The molecule has 0 heterocycles. The average molecular weight is 172 g/mol. The smallest absolute Gasteiger partial charge is 0.450 e. The van der Waals surface area contributed by atoms with Crippen molar-refractivity contribution < 1.29 is 29.4 Å². The molecule has 0 spiro atoms. The first-order chi connectivity index (χ1) is 4.46. The predicted octanol–water partition coefficient (Wildman–Crippen LogP) is 0.385. The molecule has 4 N–H and O–H groups in total. The van der Waals surface area contributed by atoms with Crippen molar-refractivity contribution in [1.29, 1.82) is 0 Å². The Bertz CT molecular complexity index is 81.2. The van der Waals surface area contributed by atoms with E-state index >= 15 is 0 Å². The third kappa shape index (κ3) is 385. The third-order valence-corrected chi connectivity index (χ3v) is 0. The number of carbonyl (C=O) groups is 1. The summed E-state index contributed by atoms with van der Waals surface area (Å²) in [4.78, 5) is 22.9. The highest BCUT2D eigenvalue weighted by molar-refractivity contribution is 7.30. The maximum Gasteiger partial charge on any atom is 0.503 e. The Labute approximate surface area is 58.0 Å². The first-order valence-electron chi connectivity index (χ1n) is 1.80. The zero-order chi connectivity index (χ0) is 9.15.